The molecule has 2 unspecified atom stereocenters. The van der Waals surface area contributed by atoms with Gasteiger partial charge in [0.05, 0.1) is 24.4 Å². The molecule has 4 rings (SSSR count). The molecule has 0 radical (unpaired) electrons. The van der Waals surface area contributed by atoms with E-state index in [0.717, 1.165) is 17.1 Å². The Hall–Kier alpha value is -2.86. The van der Waals surface area contributed by atoms with Gasteiger partial charge in [-0.15, -0.1) is 0 Å². The summed E-state index contributed by atoms with van der Waals surface area (Å²) in [6.45, 7) is 9.24. The van der Waals surface area contributed by atoms with Gasteiger partial charge < -0.3 is 19.5 Å². The Morgan fingerprint density at radius 3 is 2.47 bits per heavy atom. The molecule has 156 valence electrons. The van der Waals surface area contributed by atoms with Crippen molar-refractivity contribution in [2.75, 3.05) is 11.5 Å². The molecule has 1 saturated heterocycles. The van der Waals surface area contributed by atoms with Crippen LogP contribution in [-0.4, -0.2) is 21.3 Å². The summed E-state index contributed by atoms with van der Waals surface area (Å²) < 4.78 is 7.86. The fourth-order valence-electron chi connectivity index (χ4n) is 3.85. The number of benzene rings is 1. The highest BCUT2D eigenvalue weighted by atomic mass is 32.1. The van der Waals surface area contributed by atoms with Crippen LogP contribution in [-0.2, 0) is 5.54 Å². The Kier molecular flexibility index (Phi) is 5.52. The number of nitrogens with zero attached hydrogens (tertiary/aromatic N) is 3. The van der Waals surface area contributed by atoms with E-state index in [-0.39, 0.29) is 17.6 Å². The lowest BCUT2D eigenvalue weighted by Gasteiger charge is -2.28. The van der Waals surface area contributed by atoms with Crippen LogP contribution in [0.2, 0.25) is 0 Å². The third kappa shape index (κ3) is 3.92. The van der Waals surface area contributed by atoms with Gasteiger partial charge in [0.2, 0.25) is 0 Å². The summed E-state index contributed by atoms with van der Waals surface area (Å²) in [5.41, 5.74) is 3.21. The van der Waals surface area contributed by atoms with Gasteiger partial charge in [0.15, 0.2) is 5.11 Å². The van der Waals surface area contributed by atoms with Crippen LogP contribution in [0.3, 0.4) is 0 Å². The highest BCUT2D eigenvalue weighted by Crippen LogP contribution is 2.42. The van der Waals surface area contributed by atoms with Crippen LogP contribution in [0, 0.1) is 0 Å². The van der Waals surface area contributed by atoms with Crippen molar-refractivity contribution in [2.24, 2.45) is 0 Å². The second kappa shape index (κ2) is 8.11. The molecular weight excluding hydrogens is 392 g/mol. The van der Waals surface area contributed by atoms with Gasteiger partial charge in [0.25, 0.3) is 0 Å². The number of thiocarbonyl (C=S) groups is 1. The van der Waals surface area contributed by atoms with Crippen molar-refractivity contribution in [2.45, 2.75) is 45.3 Å². The van der Waals surface area contributed by atoms with Crippen molar-refractivity contribution in [3.05, 3.63) is 78.4 Å². The van der Waals surface area contributed by atoms with Crippen LogP contribution in [0.4, 0.5) is 5.69 Å². The predicted molar refractivity (Wildman–Crippen MR) is 125 cm³/mol. The van der Waals surface area contributed by atoms with E-state index in [9.17, 15) is 0 Å². The molecule has 30 heavy (non-hydrogen) atoms. The highest BCUT2D eigenvalue weighted by Gasteiger charge is 2.41. The van der Waals surface area contributed by atoms with Gasteiger partial charge in [-0.1, -0.05) is 6.07 Å². The molecule has 3 heterocycles. The minimum Gasteiger partial charge on any atom is -0.494 e. The molecule has 0 bridgehead atoms. The number of rotatable bonds is 5. The van der Waals surface area contributed by atoms with Gasteiger partial charge in [-0.05, 0) is 87.9 Å². The van der Waals surface area contributed by atoms with E-state index in [1.54, 1.807) is 0 Å². The molecule has 0 saturated carbocycles. The standard InChI is InChI=1S/C24H28N4OS/c1-5-29-19-11-9-18(10-12-19)28-22(17-13-15-27(16-17)24(2,3)4)21(26-23(28)30)20-8-6-7-14-25-20/h6-16,21-22H,5H2,1-4H3,(H,26,30). The van der Waals surface area contributed by atoms with Crippen molar-refractivity contribution in [3.63, 3.8) is 0 Å². The van der Waals surface area contributed by atoms with Crippen LogP contribution in [0.15, 0.2) is 67.1 Å². The molecule has 1 aliphatic rings. The normalized spacial score (nSPS) is 19.1. The Bertz CT molecular complexity index is 1010. The Morgan fingerprint density at radius 1 is 1.10 bits per heavy atom. The fraction of sp³-hybridized carbons (Fsp3) is 0.333. The zero-order chi connectivity index (χ0) is 21.3. The van der Waals surface area contributed by atoms with Crippen molar-refractivity contribution >= 4 is 23.0 Å². The van der Waals surface area contributed by atoms with Crippen LogP contribution >= 0.6 is 12.2 Å². The molecule has 0 amide bonds. The number of ether oxygens (including phenoxy) is 1. The van der Waals surface area contributed by atoms with Crippen molar-refractivity contribution in [1.82, 2.24) is 14.9 Å². The molecule has 1 fully saturated rings. The maximum absolute atomic E-state index is 5.79. The summed E-state index contributed by atoms with van der Waals surface area (Å²) in [5.74, 6) is 0.857. The Labute approximate surface area is 183 Å². The highest BCUT2D eigenvalue weighted by molar-refractivity contribution is 7.80. The summed E-state index contributed by atoms with van der Waals surface area (Å²) in [4.78, 5) is 6.80. The quantitative estimate of drug-likeness (QED) is 0.574. The lowest BCUT2D eigenvalue weighted by atomic mass is 9.98. The molecule has 2 atom stereocenters. The van der Waals surface area contributed by atoms with E-state index in [1.807, 2.05) is 37.4 Å². The predicted octanol–water partition coefficient (Wildman–Crippen LogP) is 5.21. The molecule has 3 aromatic rings. The number of aromatic nitrogens is 2. The van der Waals surface area contributed by atoms with Gasteiger partial charge in [0, 0.05) is 29.8 Å². The van der Waals surface area contributed by atoms with E-state index in [1.165, 1.54) is 5.56 Å². The molecule has 1 N–H and O–H groups in total. The third-order valence-electron chi connectivity index (χ3n) is 5.36. The number of pyridine rings is 1. The van der Waals surface area contributed by atoms with Crippen LogP contribution in [0.25, 0.3) is 0 Å². The monoisotopic (exact) mass is 420 g/mol. The zero-order valence-electron chi connectivity index (χ0n) is 17.9. The first-order valence-corrected chi connectivity index (χ1v) is 10.7. The molecule has 0 spiro atoms. The zero-order valence-corrected chi connectivity index (χ0v) is 18.7. The van der Waals surface area contributed by atoms with Crippen LogP contribution in [0.1, 0.15) is 51.0 Å². The van der Waals surface area contributed by atoms with Crippen molar-refractivity contribution in [1.29, 1.82) is 0 Å². The van der Waals surface area contributed by atoms with Gasteiger partial charge in [-0.2, -0.15) is 0 Å². The lowest BCUT2D eigenvalue weighted by Crippen LogP contribution is -2.29. The molecule has 2 aromatic heterocycles. The van der Waals surface area contributed by atoms with Gasteiger partial charge in [0.1, 0.15) is 5.75 Å². The van der Waals surface area contributed by atoms with Crippen LogP contribution in [0.5, 0.6) is 5.75 Å². The Morgan fingerprint density at radius 2 is 1.87 bits per heavy atom. The number of hydrogen-bond donors (Lipinski definition) is 1. The average Bonchev–Trinajstić information content (AvgIpc) is 3.34. The number of nitrogens with one attached hydrogen (secondary N) is 1. The molecule has 5 nitrogen and oxygen atoms in total. The summed E-state index contributed by atoms with van der Waals surface area (Å²) in [6, 6.07) is 16.3. The first kappa shape index (κ1) is 20.4. The number of anilines is 1. The maximum Gasteiger partial charge on any atom is 0.174 e. The second-order valence-electron chi connectivity index (χ2n) is 8.45. The third-order valence-corrected chi connectivity index (χ3v) is 5.67. The average molecular weight is 421 g/mol. The summed E-state index contributed by atoms with van der Waals surface area (Å²) in [6.07, 6.45) is 6.19. The second-order valence-corrected chi connectivity index (χ2v) is 8.83. The van der Waals surface area contributed by atoms with E-state index < -0.39 is 0 Å². The largest absolute Gasteiger partial charge is 0.494 e. The van der Waals surface area contributed by atoms with E-state index >= 15 is 0 Å². The van der Waals surface area contributed by atoms with E-state index in [4.69, 9.17) is 17.0 Å². The van der Waals surface area contributed by atoms with Crippen molar-refractivity contribution in [3.8, 4) is 5.75 Å². The number of hydrogen-bond acceptors (Lipinski definition) is 3. The summed E-state index contributed by atoms with van der Waals surface area (Å²) >= 11 is 5.79. The molecule has 1 aliphatic heterocycles. The maximum atomic E-state index is 5.79. The topological polar surface area (TPSA) is 42.3 Å². The van der Waals surface area contributed by atoms with Crippen molar-refractivity contribution < 1.29 is 4.74 Å². The first-order valence-electron chi connectivity index (χ1n) is 10.3. The fourth-order valence-corrected chi connectivity index (χ4v) is 4.19. The van der Waals surface area contributed by atoms with E-state index in [0.29, 0.717) is 11.7 Å². The summed E-state index contributed by atoms with van der Waals surface area (Å²) in [7, 11) is 0. The van der Waals surface area contributed by atoms with Gasteiger partial charge in [-0.3, -0.25) is 4.98 Å². The smallest absolute Gasteiger partial charge is 0.174 e. The first-order chi connectivity index (χ1) is 14.4. The SMILES string of the molecule is CCOc1ccc(N2C(=S)NC(c3ccccn3)C2c2ccn(C(C)(C)C)c2)cc1. The molecule has 6 heteroatoms. The Balaban J connectivity index is 1.77. The van der Waals surface area contributed by atoms with Gasteiger partial charge >= 0.3 is 0 Å². The van der Waals surface area contributed by atoms with Gasteiger partial charge in [-0.25, -0.2) is 0 Å². The lowest BCUT2D eigenvalue weighted by molar-refractivity contribution is 0.340. The summed E-state index contributed by atoms with van der Waals surface area (Å²) in [5, 5.41) is 4.21. The minimum atomic E-state index is -0.0407. The van der Waals surface area contributed by atoms with E-state index in [2.05, 4.69) is 77.2 Å². The minimum absolute atomic E-state index is 0.00561. The van der Waals surface area contributed by atoms with Crippen LogP contribution < -0.4 is 15.0 Å². The molecular formula is C24H28N4OS. The molecule has 0 aliphatic carbocycles. The molecule has 1 aromatic carbocycles.